The lowest BCUT2D eigenvalue weighted by molar-refractivity contribution is -0.147. The summed E-state index contributed by atoms with van der Waals surface area (Å²) in [7, 11) is 0. The Morgan fingerprint density at radius 2 is 1.83 bits per heavy atom. The quantitative estimate of drug-likeness (QED) is 0.462. The van der Waals surface area contributed by atoms with Gasteiger partial charge in [-0.2, -0.15) is 0 Å². The molecule has 0 radical (unpaired) electrons. The van der Waals surface area contributed by atoms with Gasteiger partial charge in [0.2, 0.25) is 0 Å². The molecule has 0 saturated heterocycles. The molecule has 2 rings (SSSR count). The maximum Gasteiger partial charge on any atom is 0.325 e. The van der Waals surface area contributed by atoms with Crippen LogP contribution in [0.5, 0.6) is 5.75 Å². The van der Waals surface area contributed by atoms with Gasteiger partial charge >= 0.3 is 5.97 Å². The summed E-state index contributed by atoms with van der Waals surface area (Å²) in [5.41, 5.74) is 0.421. The molecule has 0 unspecified atom stereocenters. The molecule has 1 fully saturated rings. The lowest BCUT2D eigenvalue weighted by Crippen LogP contribution is -2.43. The molecule has 1 saturated carbocycles. The molecule has 0 heterocycles. The molecular weight excluding hydrogens is 372 g/mol. The normalized spacial score (nSPS) is 18.6. The van der Waals surface area contributed by atoms with Crippen molar-refractivity contribution in [2.45, 2.75) is 58.4 Å². The van der Waals surface area contributed by atoms with E-state index in [1.54, 1.807) is 24.3 Å². The van der Waals surface area contributed by atoms with Crippen LogP contribution in [0.1, 0.15) is 62.7 Å². The summed E-state index contributed by atoms with van der Waals surface area (Å²) in [6, 6.07) is 6.86. The first-order valence-corrected chi connectivity index (χ1v) is 10.5. The van der Waals surface area contributed by atoms with Crippen molar-refractivity contribution in [3.63, 3.8) is 0 Å². The number of rotatable bonds is 10. The average Bonchev–Trinajstić information content (AvgIpc) is 2.73. The standard InChI is InChI=1S/C22H32N2O5/c1-3-4-13-28-18-11-9-17(10-12-18)22(27)23-14-21(26)29-15-20(25)24-19-8-6-5-7-16(19)2/h9-12,16,19H,3-8,13-15H2,1-2H3,(H,23,27)(H,24,25)/t16-,19+/m1/s1. The van der Waals surface area contributed by atoms with Crippen LogP contribution < -0.4 is 15.4 Å². The molecule has 0 aliphatic heterocycles. The van der Waals surface area contributed by atoms with Crippen molar-refractivity contribution in [3.05, 3.63) is 29.8 Å². The van der Waals surface area contributed by atoms with Crippen LogP contribution >= 0.6 is 0 Å². The summed E-state index contributed by atoms with van der Waals surface area (Å²) in [6.45, 7) is 4.23. The maximum atomic E-state index is 12.1. The average molecular weight is 405 g/mol. The van der Waals surface area contributed by atoms with Crippen molar-refractivity contribution in [2.24, 2.45) is 5.92 Å². The van der Waals surface area contributed by atoms with Gasteiger partial charge in [0.15, 0.2) is 6.61 Å². The van der Waals surface area contributed by atoms with E-state index in [0.29, 0.717) is 23.8 Å². The molecule has 160 valence electrons. The van der Waals surface area contributed by atoms with Gasteiger partial charge in [-0.3, -0.25) is 14.4 Å². The van der Waals surface area contributed by atoms with Crippen molar-refractivity contribution in [1.29, 1.82) is 0 Å². The van der Waals surface area contributed by atoms with Crippen LogP contribution in [0, 0.1) is 5.92 Å². The molecule has 7 nitrogen and oxygen atoms in total. The molecule has 2 atom stereocenters. The highest BCUT2D eigenvalue weighted by Crippen LogP contribution is 2.23. The maximum absolute atomic E-state index is 12.1. The fourth-order valence-electron chi connectivity index (χ4n) is 3.27. The number of unbranched alkanes of at least 4 members (excludes halogenated alkanes) is 1. The minimum absolute atomic E-state index is 0.142. The summed E-state index contributed by atoms with van der Waals surface area (Å²) in [5.74, 6) is -0.201. The number of amides is 2. The van der Waals surface area contributed by atoms with Crippen LogP contribution in [0.2, 0.25) is 0 Å². The Morgan fingerprint density at radius 1 is 1.10 bits per heavy atom. The van der Waals surface area contributed by atoms with Crippen molar-refractivity contribution < 1.29 is 23.9 Å². The van der Waals surface area contributed by atoms with E-state index in [1.165, 1.54) is 6.42 Å². The van der Waals surface area contributed by atoms with E-state index in [9.17, 15) is 14.4 Å². The fourth-order valence-corrected chi connectivity index (χ4v) is 3.27. The SMILES string of the molecule is CCCCOc1ccc(C(=O)NCC(=O)OCC(=O)N[C@H]2CCCC[C@H]2C)cc1. The summed E-state index contributed by atoms with van der Waals surface area (Å²) >= 11 is 0. The van der Waals surface area contributed by atoms with E-state index in [1.807, 2.05) is 0 Å². The molecule has 0 bridgehead atoms. The number of benzene rings is 1. The summed E-state index contributed by atoms with van der Waals surface area (Å²) in [6.07, 6.45) is 6.38. The van der Waals surface area contributed by atoms with E-state index < -0.39 is 5.97 Å². The molecule has 1 aliphatic rings. The minimum Gasteiger partial charge on any atom is -0.494 e. The van der Waals surface area contributed by atoms with Gasteiger partial charge in [0.1, 0.15) is 12.3 Å². The van der Waals surface area contributed by atoms with Crippen LogP contribution in [0.3, 0.4) is 0 Å². The highest BCUT2D eigenvalue weighted by molar-refractivity contribution is 5.96. The molecule has 2 amide bonds. The summed E-state index contributed by atoms with van der Waals surface area (Å²) in [5, 5.41) is 5.42. The number of ether oxygens (including phenoxy) is 2. The van der Waals surface area contributed by atoms with E-state index in [4.69, 9.17) is 9.47 Å². The molecule has 0 spiro atoms. The van der Waals surface area contributed by atoms with E-state index in [-0.39, 0.29) is 31.0 Å². The minimum atomic E-state index is -0.648. The van der Waals surface area contributed by atoms with E-state index in [2.05, 4.69) is 24.5 Å². The largest absolute Gasteiger partial charge is 0.494 e. The molecule has 0 aromatic heterocycles. The molecule has 7 heteroatoms. The predicted molar refractivity (Wildman–Crippen MR) is 110 cm³/mol. The summed E-state index contributed by atoms with van der Waals surface area (Å²) in [4.78, 5) is 35.9. The molecule has 1 aromatic rings. The number of hydrogen-bond acceptors (Lipinski definition) is 5. The summed E-state index contributed by atoms with van der Waals surface area (Å²) < 4.78 is 10.5. The fraction of sp³-hybridized carbons (Fsp3) is 0.591. The van der Waals surface area contributed by atoms with Crippen LogP contribution in [0.15, 0.2) is 24.3 Å². The lowest BCUT2D eigenvalue weighted by Gasteiger charge is -2.29. The number of carbonyl (C=O) groups is 3. The van der Waals surface area contributed by atoms with Gasteiger partial charge in [-0.15, -0.1) is 0 Å². The molecule has 1 aromatic carbocycles. The monoisotopic (exact) mass is 404 g/mol. The van der Waals surface area contributed by atoms with E-state index in [0.717, 1.165) is 32.1 Å². The highest BCUT2D eigenvalue weighted by atomic mass is 16.5. The third-order valence-corrected chi connectivity index (χ3v) is 5.10. The van der Waals surface area contributed by atoms with Gasteiger partial charge < -0.3 is 20.1 Å². The Kier molecular flexibility index (Phi) is 9.47. The zero-order valence-electron chi connectivity index (χ0n) is 17.4. The van der Waals surface area contributed by atoms with Gasteiger partial charge in [-0.05, 0) is 49.4 Å². The van der Waals surface area contributed by atoms with Crippen LogP contribution in [0.25, 0.3) is 0 Å². The first kappa shape index (κ1) is 22.7. The van der Waals surface area contributed by atoms with Crippen LogP contribution in [-0.2, 0) is 14.3 Å². The van der Waals surface area contributed by atoms with Crippen LogP contribution in [-0.4, -0.2) is 43.6 Å². The lowest BCUT2D eigenvalue weighted by atomic mass is 9.86. The third kappa shape index (κ3) is 8.13. The topological polar surface area (TPSA) is 93.7 Å². The van der Waals surface area contributed by atoms with Gasteiger partial charge in [0, 0.05) is 11.6 Å². The Balaban J connectivity index is 1.66. The second kappa shape index (κ2) is 12.1. The number of carbonyl (C=O) groups excluding carboxylic acids is 3. The predicted octanol–water partition coefficient (Wildman–Crippen LogP) is 2.83. The number of nitrogens with one attached hydrogen (secondary N) is 2. The van der Waals surface area contributed by atoms with Crippen molar-refractivity contribution in [3.8, 4) is 5.75 Å². The van der Waals surface area contributed by atoms with Crippen molar-refractivity contribution in [1.82, 2.24) is 10.6 Å². The third-order valence-electron chi connectivity index (χ3n) is 5.10. The Morgan fingerprint density at radius 3 is 2.52 bits per heavy atom. The first-order valence-electron chi connectivity index (χ1n) is 10.5. The van der Waals surface area contributed by atoms with Gasteiger partial charge in [0.05, 0.1) is 6.61 Å². The van der Waals surface area contributed by atoms with Gasteiger partial charge in [-0.25, -0.2) is 0 Å². The Labute approximate surface area is 172 Å². The first-order chi connectivity index (χ1) is 14.0. The molecule has 29 heavy (non-hydrogen) atoms. The molecular formula is C22H32N2O5. The highest BCUT2D eigenvalue weighted by Gasteiger charge is 2.23. The van der Waals surface area contributed by atoms with Gasteiger partial charge in [-0.1, -0.05) is 33.1 Å². The Hall–Kier alpha value is -2.57. The second-order valence-electron chi connectivity index (χ2n) is 7.51. The molecule has 1 aliphatic carbocycles. The smallest absolute Gasteiger partial charge is 0.325 e. The molecule has 2 N–H and O–H groups in total. The number of hydrogen-bond donors (Lipinski definition) is 2. The van der Waals surface area contributed by atoms with Crippen molar-refractivity contribution in [2.75, 3.05) is 19.8 Å². The zero-order valence-corrected chi connectivity index (χ0v) is 17.4. The Bertz CT molecular complexity index is 674. The zero-order chi connectivity index (χ0) is 21.1. The van der Waals surface area contributed by atoms with Gasteiger partial charge in [0.25, 0.3) is 11.8 Å². The second-order valence-corrected chi connectivity index (χ2v) is 7.51. The van der Waals surface area contributed by atoms with Crippen molar-refractivity contribution >= 4 is 17.8 Å². The van der Waals surface area contributed by atoms with E-state index >= 15 is 0 Å². The number of esters is 1. The van der Waals surface area contributed by atoms with Crippen LogP contribution in [0.4, 0.5) is 0 Å².